The SMILES string of the molecule is CCN(C(=O)CCOc1ccccc1F)C1CC1. The summed E-state index contributed by atoms with van der Waals surface area (Å²) in [6.45, 7) is 2.94. The second-order valence-electron chi connectivity index (χ2n) is 4.44. The molecule has 0 bridgehead atoms. The first kappa shape index (κ1) is 12.9. The van der Waals surface area contributed by atoms with Crippen LogP contribution in [0.5, 0.6) is 5.75 Å². The van der Waals surface area contributed by atoms with E-state index < -0.39 is 0 Å². The fraction of sp³-hybridized carbons (Fsp3) is 0.500. The van der Waals surface area contributed by atoms with Crippen LogP contribution in [0.15, 0.2) is 24.3 Å². The maximum Gasteiger partial charge on any atom is 0.226 e. The van der Waals surface area contributed by atoms with Gasteiger partial charge in [-0.2, -0.15) is 0 Å². The molecule has 0 spiro atoms. The minimum atomic E-state index is -0.389. The fourth-order valence-corrected chi connectivity index (χ4v) is 1.98. The lowest BCUT2D eigenvalue weighted by molar-refractivity contribution is -0.132. The van der Waals surface area contributed by atoms with Gasteiger partial charge in [0.2, 0.25) is 5.91 Å². The van der Waals surface area contributed by atoms with Crippen LogP contribution < -0.4 is 4.74 Å². The number of benzene rings is 1. The van der Waals surface area contributed by atoms with E-state index in [1.165, 1.54) is 6.07 Å². The van der Waals surface area contributed by atoms with Gasteiger partial charge in [-0.05, 0) is 31.9 Å². The number of hydrogen-bond acceptors (Lipinski definition) is 2. The monoisotopic (exact) mass is 251 g/mol. The molecule has 0 radical (unpaired) electrons. The molecule has 98 valence electrons. The maximum atomic E-state index is 13.3. The zero-order valence-electron chi connectivity index (χ0n) is 10.6. The first-order valence-corrected chi connectivity index (χ1v) is 6.39. The van der Waals surface area contributed by atoms with Crippen molar-refractivity contribution in [1.29, 1.82) is 0 Å². The van der Waals surface area contributed by atoms with E-state index in [9.17, 15) is 9.18 Å². The van der Waals surface area contributed by atoms with Crippen LogP contribution in [0.25, 0.3) is 0 Å². The molecule has 0 aromatic heterocycles. The van der Waals surface area contributed by atoms with Gasteiger partial charge in [0, 0.05) is 12.6 Å². The Morgan fingerprint density at radius 2 is 2.17 bits per heavy atom. The van der Waals surface area contributed by atoms with Gasteiger partial charge >= 0.3 is 0 Å². The molecule has 0 saturated heterocycles. The van der Waals surface area contributed by atoms with E-state index in [2.05, 4.69) is 0 Å². The summed E-state index contributed by atoms with van der Waals surface area (Å²) < 4.78 is 18.5. The van der Waals surface area contributed by atoms with E-state index in [1.54, 1.807) is 18.2 Å². The number of carbonyl (C=O) groups excluding carboxylic acids is 1. The quantitative estimate of drug-likeness (QED) is 0.777. The summed E-state index contributed by atoms with van der Waals surface area (Å²) in [7, 11) is 0. The molecule has 2 rings (SSSR count). The Kier molecular flexibility index (Phi) is 4.18. The third-order valence-electron chi connectivity index (χ3n) is 3.06. The van der Waals surface area contributed by atoms with Crippen LogP contribution in [-0.2, 0) is 4.79 Å². The van der Waals surface area contributed by atoms with Gasteiger partial charge in [-0.3, -0.25) is 4.79 Å². The van der Waals surface area contributed by atoms with E-state index in [-0.39, 0.29) is 24.1 Å². The molecule has 1 aromatic rings. The first-order chi connectivity index (χ1) is 8.72. The topological polar surface area (TPSA) is 29.5 Å². The molecule has 1 aliphatic rings. The molecule has 0 atom stereocenters. The number of para-hydroxylation sites is 1. The third kappa shape index (κ3) is 3.22. The van der Waals surface area contributed by atoms with E-state index in [4.69, 9.17) is 4.74 Å². The summed E-state index contributed by atoms with van der Waals surface area (Å²) in [5.74, 6) is -0.0874. The molecule has 1 saturated carbocycles. The second kappa shape index (κ2) is 5.85. The number of ether oxygens (including phenoxy) is 1. The molecule has 0 aliphatic heterocycles. The predicted octanol–water partition coefficient (Wildman–Crippen LogP) is 2.61. The fourth-order valence-electron chi connectivity index (χ4n) is 1.98. The van der Waals surface area contributed by atoms with Crippen molar-refractivity contribution < 1.29 is 13.9 Å². The van der Waals surface area contributed by atoms with Crippen molar-refractivity contribution in [2.24, 2.45) is 0 Å². The van der Waals surface area contributed by atoms with E-state index in [0.717, 1.165) is 19.4 Å². The molecule has 0 heterocycles. The van der Waals surface area contributed by atoms with Crippen LogP contribution in [0.3, 0.4) is 0 Å². The molecule has 3 nitrogen and oxygen atoms in total. The van der Waals surface area contributed by atoms with Gasteiger partial charge in [-0.25, -0.2) is 4.39 Å². The zero-order chi connectivity index (χ0) is 13.0. The molecule has 1 fully saturated rings. The lowest BCUT2D eigenvalue weighted by atomic mass is 10.3. The highest BCUT2D eigenvalue weighted by Crippen LogP contribution is 2.27. The molecule has 18 heavy (non-hydrogen) atoms. The molecule has 0 N–H and O–H groups in total. The first-order valence-electron chi connectivity index (χ1n) is 6.39. The number of carbonyl (C=O) groups is 1. The lowest BCUT2D eigenvalue weighted by Crippen LogP contribution is -2.33. The highest BCUT2D eigenvalue weighted by atomic mass is 19.1. The van der Waals surface area contributed by atoms with E-state index in [0.29, 0.717) is 12.5 Å². The number of nitrogens with zero attached hydrogens (tertiary/aromatic N) is 1. The van der Waals surface area contributed by atoms with Gasteiger partial charge in [0.05, 0.1) is 13.0 Å². The molecule has 1 aromatic carbocycles. The van der Waals surface area contributed by atoms with Crippen molar-refractivity contribution in [2.45, 2.75) is 32.2 Å². The zero-order valence-corrected chi connectivity index (χ0v) is 10.6. The van der Waals surface area contributed by atoms with Crippen LogP contribution in [0.2, 0.25) is 0 Å². The van der Waals surface area contributed by atoms with Crippen LogP contribution in [0.4, 0.5) is 4.39 Å². The third-order valence-corrected chi connectivity index (χ3v) is 3.06. The van der Waals surface area contributed by atoms with Crippen LogP contribution in [0.1, 0.15) is 26.2 Å². The van der Waals surface area contributed by atoms with Crippen molar-refractivity contribution in [1.82, 2.24) is 4.90 Å². The molecule has 1 amide bonds. The standard InChI is InChI=1S/C14H18FNO2/c1-2-16(11-7-8-11)14(17)9-10-18-13-6-4-3-5-12(13)15/h3-6,11H,2,7-10H2,1H3. The smallest absolute Gasteiger partial charge is 0.226 e. The molecule has 0 unspecified atom stereocenters. The summed E-state index contributed by atoms with van der Waals surface area (Å²) >= 11 is 0. The Labute approximate surface area is 107 Å². The van der Waals surface area contributed by atoms with Crippen molar-refractivity contribution in [2.75, 3.05) is 13.2 Å². The predicted molar refractivity (Wildman–Crippen MR) is 66.9 cm³/mol. The highest BCUT2D eigenvalue weighted by molar-refractivity contribution is 5.77. The Bertz CT molecular complexity index is 418. The number of halogens is 1. The summed E-state index contributed by atoms with van der Waals surface area (Å²) in [6.07, 6.45) is 2.51. The van der Waals surface area contributed by atoms with Crippen molar-refractivity contribution in [3.8, 4) is 5.75 Å². The van der Waals surface area contributed by atoms with E-state index >= 15 is 0 Å². The largest absolute Gasteiger partial charge is 0.490 e. The minimum Gasteiger partial charge on any atom is -0.490 e. The van der Waals surface area contributed by atoms with Crippen molar-refractivity contribution in [3.63, 3.8) is 0 Å². The maximum absolute atomic E-state index is 13.3. The number of rotatable bonds is 6. The van der Waals surface area contributed by atoms with Gasteiger partial charge < -0.3 is 9.64 Å². The highest BCUT2D eigenvalue weighted by Gasteiger charge is 2.30. The summed E-state index contributed by atoms with van der Waals surface area (Å²) in [4.78, 5) is 13.8. The van der Waals surface area contributed by atoms with Gasteiger partial charge in [0.25, 0.3) is 0 Å². The Morgan fingerprint density at radius 1 is 1.44 bits per heavy atom. The van der Waals surface area contributed by atoms with Gasteiger partial charge in [-0.1, -0.05) is 12.1 Å². The average molecular weight is 251 g/mol. The lowest BCUT2D eigenvalue weighted by Gasteiger charge is -2.20. The van der Waals surface area contributed by atoms with Crippen LogP contribution in [0, 0.1) is 5.82 Å². The van der Waals surface area contributed by atoms with Crippen LogP contribution >= 0.6 is 0 Å². The van der Waals surface area contributed by atoms with Gasteiger partial charge in [-0.15, -0.1) is 0 Å². The number of hydrogen-bond donors (Lipinski definition) is 0. The Morgan fingerprint density at radius 3 is 2.78 bits per heavy atom. The van der Waals surface area contributed by atoms with Gasteiger partial charge in [0.15, 0.2) is 11.6 Å². The molecular formula is C14H18FNO2. The summed E-state index contributed by atoms with van der Waals surface area (Å²) in [6, 6.07) is 6.66. The average Bonchev–Trinajstić information content (AvgIpc) is 3.17. The van der Waals surface area contributed by atoms with E-state index in [1.807, 2.05) is 11.8 Å². The summed E-state index contributed by atoms with van der Waals surface area (Å²) in [5.41, 5.74) is 0. The Balaban J connectivity index is 1.78. The van der Waals surface area contributed by atoms with Crippen molar-refractivity contribution >= 4 is 5.91 Å². The molecule has 4 heteroatoms. The molecule has 1 aliphatic carbocycles. The number of amides is 1. The summed E-state index contributed by atoms with van der Waals surface area (Å²) in [5, 5.41) is 0. The second-order valence-corrected chi connectivity index (χ2v) is 4.44. The van der Waals surface area contributed by atoms with Crippen LogP contribution in [-0.4, -0.2) is 30.0 Å². The molecular weight excluding hydrogens is 233 g/mol. The van der Waals surface area contributed by atoms with Crippen molar-refractivity contribution in [3.05, 3.63) is 30.1 Å². The Hall–Kier alpha value is -1.58. The normalized spacial score (nSPS) is 14.3. The minimum absolute atomic E-state index is 0.0938. The van der Waals surface area contributed by atoms with Gasteiger partial charge in [0.1, 0.15) is 0 Å².